The van der Waals surface area contributed by atoms with Crippen molar-refractivity contribution in [2.24, 2.45) is 0 Å². The average Bonchev–Trinajstić information content (AvgIpc) is 3.10. The van der Waals surface area contributed by atoms with Gasteiger partial charge in [0.1, 0.15) is 6.54 Å². The van der Waals surface area contributed by atoms with Gasteiger partial charge in [-0.25, -0.2) is 0 Å². The molecule has 1 aliphatic carbocycles. The summed E-state index contributed by atoms with van der Waals surface area (Å²) in [7, 11) is 0. The van der Waals surface area contributed by atoms with Crippen molar-refractivity contribution in [3.05, 3.63) is 22.6 Å². The second kappa shape index (κ2) is 4.42. The zero-order chi connectivity index (χ0) is 12.7. The third kappa shape index (κ3) is 2.16. The van der Waals surface area contributed by atoms with Crippen molar-refractivity contribution in [3.63, 3.8) is 0 Å². The minimum Gasteiger partial charge on any atom is -0.444 e. The second-order valence-electron chi connectivity index (χ2n) is 4.65. The Kier molecular flexibility index (Phi) is 2.89. The van der Waals surface area contributed by atoms with E-state index in [0.717, 1.165) is 12.8 Å². The number of piperazine rings is 1. The predicted molar refractivity (Wildman–Crippen MR) is 67.0 cm³/mol. The fourth-order valence-corrected chi connectivity index (χ4v) is 2.52. The number of hydrogen-bond acceptors (Lipinski definition) is 3. The summed E-state index contributed by atoms with van der Waals surface area (Å²) in [5, 5.41) is 0. The van der Waals surface area contributed by atoms with E-state index in [0.29, 0.717) is 23.8 Å². The lowest BCUT2D eigenvalue weighted by atomic mass is 10.2. The van der Waals surface area contributed by atoms with Crippen LogP contribution in [0.5, 0.6) is 0 Å². The summed E-state index contributed by atoms with van der Waals surface area (Å²) in [6, 6.07) is 3.71. The zero-order valence-corrected chi connectivity index (χ0v) is 11.4. The molecule has 1 aromatic heterocycles. The summed E-state index contributed by atoms with van der Waals surface area (Å²) in [5.74, 6) is 0.0989. The van der Waals surface area contributed by atoms with Gasteiger partial charge < -0.3 is 14.2 Å². The first-order valence-corrected chi connectivity index (χ1v) is 6.78. The fraction of sp³-hybridized carbons (Fsp3) is 0.500. The van der Waals surface area contributed by atoms with Crippen LogP contribution in [0.15, 0.2) is 21.2 Å². The van der Waals surface area contributed by atoms with Gasteiger partial charge in [0.05, 0.1) is 0 Å². The Hall–Kier alpha value is -1.30. The largest absolute Gasteiger partial charge is 0.444 e. The molecule has 96 valence electrons. The molecule has 0 spiro atoms. The Morgan fingerprint density at radius 2 is 2.11 bits per heavy atom. The zero-order valence-electron chi connectivity index (χ0n) is 9.76. The molecule has 5 nitrogen and oxygen atoms in total. The van der Waals surface area contributed by atoms with Crippen LogP contribution < -0.4 is 0 Å². The maximum atomic E-state index is 12.1. The van der Waals surface area contributed by atoms with Crippen molar-refractivity contribution in [2.75, 3.05) is 19.6 Å². The van der Waals surface area contributed by atoms with Crippen LogP contribution >= 0.6 is 15.9 Å². The van der Waals surface area contributed by atoms with E-state index in [4.69, 9.17) is 4.42 Å². The Labute approximate surface area is 113 Å². The molecular weight excluding hydrogens is 300 g/mol. The number of hydrogen-bond donors (Lipinski definition) is 0. The lowest BCUT2D eigenvalue weighted by molar-refractivity contribution is -0.135. The van der Waals surface area contributed by atoms with Crippen LogP contribution in [0.1, 0.15) is 23.4 Å². The molecule has 1 aliphatic heterocycles. The van der Waals surface area contributed by atoms with Crippen LogP contribution in [0.4, 0.5) is 0 Å². The topological polar surface area (TPSA) is 53.8 Å². The number of carbonyl (C=O) groups is 2. The van der Waals surface area contributed by atoms with Gasteiger partial charge in [-0.2, -0.15) is 0 Å². The summed E-state index contributed by atoms with van der Waals surface area (Å²) in [4.78, 5) is 27.4. The van der Waals surface area contributed by atoms with Crippen LogP contribution in [-0.4, -0.2) is 47.3 Å². The Balaban J connectivity index is 1.67. The van der Waals surface area contributed by atoms with E-state index in [9.17, 15) is 9.59 Å². The molecule has 0 bridgehead atoms. The smallest absolute Gasteiger partial charge is 0.290 e. The third-order valence-electron chi connectivity index (χ3n) is 3.32. The lowest BCUT2D eigenvalue weighted by Gasteiger charge is -2.34. The standard InChI is InChI=1S/C12H13BrN2O3/c13-10-4-3-9(18-10)12(17)14-5-6-15(8-1-2-8)11(16)7-14/h3-4,8H,1-2,5-7H2. The van der Waals surface area contributed by atoms with Gasteiger partial charge >= 0.3 is 0 Å². The highest BCUT2D eigenvalue weighted by Gasteiger charge is 2.37. The van der Waals surface area contributed by atoms with Crippen LogP contribution in [0.3, 0.4) is 0 Å². The number of halogens is 1. The van der Waals surface area contributed by atoms with E-state index in [-0.39, 0.29) is 24.1 Å². The highest BCUT2D eigenvalue weighted by Crippen LogP contribution is 2.28. The molecule has 2 amide bonds. The van der Waals surface area contributed by atoms with Crippen LogP contribution in [0.2, 0.25) is 0 Å². The molecule has 18 heavy (non-hydrogen) atoms. The molecule has 6 heteroatoms. The van der Waals surface area contributed by atoms with E-state index >= 15 is 0 Å². The maximum Gasteiger partial charge on any atom is 0.290 e. The maximum absolute atomic E-state index is 12.1. The van der Waals surface area contributed by atoms with E-state index < -0.39 is 0 Å². The van der Waals surface area contributed by atoms with Gasteiger partial charge in [-0.3, -0.25) is 9.59 Å². The molecule has 0 radical (unpaired) electrons. The Morgan fingerprint density at radius 3 is 2.67 bits per heavy atom. The molecule has 0 aromatic carbocycles. The Morgan fingerprint density at radius 1 is 1.33 bits per heavy atom. The van der Waals surface area contributed by atoms with Gasteiger partial charge in [-0.15, -0.1) is 0 Å². The van der Waals surface area contributed by atoms with Gasteiger partial charge in [0.2, 0.25) is 5.91 Å². The van der Waals surface area contributed by atoms with Gasteiger partial charge in [-0.1, -0.05) is 0 Å². The first-order valence-electron chi connectivity index (χ1n) is 5.99. The number of furan rings is 1. The number of amides is 2. The molecule has 2 fully saturated rings. The van der Waals surface area contributed by atoms with Crippen molar-refractivity contribution < 1.29 is 14.0 Å². The fourth-order valence-electron chi connectivity index (χ4n) is 2.22. The third-order valence-corrected chi connectivity index (χ3v) is 3.74. The molecule has 0 atom stereocenters. The molecule has 1 aromatic rings. The van der Waals surface area contributed by atoms with Gasteiger partial charge in [0.25, 0.3) is 5.91 Å². The molecule has 0 unspecified atom stereocenters. The van der Waals surface area contributed by atoms with E-state index in [1.807, 2.05) is 4.90 Å². The minimum absolute atomic E-state index is 0.0442. The first kappa shape index (κ1) is 11.8. The van der Waals surface area contributed by atoms with Crippen molar-refractivity contribution in [3.8, 4) is 0 Å². The van der Waals surface area contributed by atoms with Crippen LogP contribution in [-0.2, 0) is 4.79 Å². The monoisotopic (exact) mass is 312 g/mol. The highest BCUT2D eigenvalue weighted by atomic mass is 79.9. The molecular formula is C12H13BrN2O3. The summed E-state index contributed by atoms with van der Waals surface area (Å²) in [6.45, 7) is 1.38. The first-order chi connectivity index (χ1) is 8.65. The molecule has 2 heterocycles. The van der Waals surface area contributed by atoms with Crippen LogP contribution in [0, 0.1) is 0 Å². The highest BCUT2D eigenvalue weighted by molar-refractivity contribution is 9.10. The van der Waals surface area contributed by atoms with Gasteiger partial charge in [0.15, 0.2) is 10.4 Å². The number of rotatable bonds is 2. The molecule has 0 N–H and O–H groups in total. The Bertz CT molecular complexity index is 495. The molecule has 1 saturated heterocycles. The van der Waals surface area contributed by atoms with Crippen molar-refractivity contribution in [1.29, 1.82) is 0 Å². The van der Waals surface area contributed by atoms with E-state index in [1.165, 1.54) is 0 Å². The molecule has 2 aliphatic rings. The lowest BCUT2D eigenvalue weighted by Crippen LogP contribution is -2.52. The molecule has 1 saturated carbocycles. The van der Waals surface area contributed by atoms with Crippen molar-refractivity contribution in [2.45, 2.75) is 18.9 Å². The van der Waals surface area contributed by atoms with E-state index in [1.54, 1.807) is 17.0 Å². The van der Waals surface area contributed by atoms with E-state index in [2.05, 4.69) is 15.9 Å². The minimum atomic E-state index is -0.218. The number of carbonyl (C=O) groups excluding carboxylic acids is 2. The van der Waals surface area contributed by atoms with Crippen molar-refractivity contribution in [1.82, 2.24) is 9.80 Å². The quantitative estimate of drug-likeness (QED) is 0.831. The predicted octanol–water partition coefficient (Wildman–Crippen LogP) is 1.49. The summed E-state index contributed by atoms with van der Waals surface area (Å²) < 4.78 is 5.74. The second-order valence-corrected chi connectivity index (χ2v) is 5.43. The SMILES string of the molecule is O=C(c1ccc(Br)o1)N1CCN(C2CC2)C(=O)C1. The van der Waals surface area contributed by atoms with Gasteiger partial charge in [-0.05, 0) is 40.9 Å². The number of nitrogens with zero attached hydrogens (tertiary/aromatic N) is 2. The normalized spacial score (nSPS) is 20.4. The van der Waals surface area contributed by atoms with Gasteiger partial charge in [0, 0.05) is 19.1 Å². The summed E-state index contributed by atoms with van der Waals surface area (Å²) in [6.07, 6.45) is 2.20. The van der Waals surface area contributed by atoms with Crippen molar-refractivity contribution >= 4 is 27.7 Å². The average molecular weight is 313 g/mol. The summed E-state index contributed by atoms with van der Waals surface area (Å²) in [5.41, 5.74) is 0. The van der Waals surface area contributed by atoms with Crippen LogP contribution in [0.25, 0.3) is 0 Å². The molecule has 3 rings (SSSR count). The summed E-state index contributed by atoms with van der Waals surface area (Å²) >= 11 is 3.16.